The Balaban J connectivity index is 2.74. The van der Waals surface area contributed by atoms with Gasteiger partial charge in [0, 0.05) is 31.5 Å². The lowest BCUT2D eigenvalue weighted by Gasteiger charge is -2.24. The third-order valence-electron chi connectivity index (χ3n) is 2.87. The Morgan fingerprint density at radius 1 is 1.29 bits per heavy atom. The molecule has 1 rings (SSSR count). The monoisotopic (exact) mass is 237 g/mol. The topological polar surface area (TPSA) is 32.7 Å². The highest BCUT2D eigenvalue weighted by Gasteiger charge is 2.12. The second-order valence-electron chi connectivity index (χ2n) is 4.10. The van der Waals surface area contributed by atoms with Crippen LogP contribution in [0.5, 0.6) is 0 Å². The number of para-hydroxylation sites is 1. The molecule has 3 heteroatoms. The third kappa shape index (κ3) is 4.02. The quantitative estimate of drug-likeness (QED) is 0.740. The Morgan fingerprint density at radius 3 is 2.65 bits per heavy atom. The fourth-order valence-corrected chi connectivity index (χ4v) is 1.80. The van der Waals surface area contributed by atoms with Crippen LogP contribution in [0.15, 0.2) is 24.3 Å². The Hall–Kier alpha value is -1.06. The van der Waals surface area contributed by atoms with Crippen molar-refractivity contribution in [3.8, 4) is 0 Å². The maximum absolute atomic E-state index is 9.97. The number of hydrogen-bond donors (Lipinski definition) is 1. The molecule has 0 heterocycles. The van der Waals surface area contributed by atoms with Gasteiger partial charge in [0.05, 0.1) is 12.7 Å². The van der Waals surface area contributed by atoms with Gasteiger partial charge in [-0.15, -0.1) is 0 Å². The minimum Gasteiger partial charge on any atom is -0.388 e. The van der Waals surface area contributed by atoms with E-state index >= 15 is 0 Å². The zero-order valence-corrected chi connectivity index (χ0v) is 11.0. The highest BCUT2D eigenvalue weighted by atomic mass is 16.5. The molecule has 1 N–H and O–H groups in total. The second kappa shape index (κ2) is 7.30. The average molecular weight is 237 g/mol. The molecule has 3 nitrogen and oxygen atoms in total. The summed E-state index contributed by atoms with van der Waals surface area (Å²) in [6, 6.07) is 7.99. The number of anilines is 1. The van der Waals surface area contributed by atoms with Crippen LogP contribution in [0, 0.1) is 0 Å². The molecule has 0 unspecified atom stereocenters. The predicted molar refractivity (Wildman–Crippen MR) is 71.5 cm³/mol. The van der Waals surface area contributed by atoms with Gasteiger partial charge in [0.15, 0.2) is 0 Å². The Kier molecular flexibility index (Phi) is 6.01. The fraction of sp³-hybridized carbons (Fsp3) is 0.571. The van der Waals surface area contributed by atoms with Crippen LogP contribution in [-0.2, 0) is 4.74 Å². The van der Waals surface area contributed by atoms with Crippen LogP contribution in [0.2, 0.25) is 0 Å². The number of aliphatic hydroxyl groups is 1. The Labute approximate surface area is 104 Å². The Bertz CT molecular complexity index is 328. The lowest BCUT2D eigenvalue weighted by molar-refractivity contribution is 0.154. The number of hydrogen-bond acceptors (Lipinski definition) is 3. The number of nitrogens with zero attached hydrogens (tertiary/aromatic N) is 1. The summed E-state index contributed by atoms with van der Waals surface area (Å²) < 4.78 is 5.35. The molecule has 0 saturated carbocycles. The first-order valence-electron chi connectivity index (χ1n) is 6.26. The van der Waals surface area contributed by atoms with Gasteiger partial charge in [-0.25, -0.2) is 0 Å². The molecular formula is C14H23NO2. The lowest BCUT2D eigenvalue weighted by atomic mass is 10.0. The summed E-state index contributed by atoms with van der Waals surface area (Å²) in [5.74, 6) is 0. The Morgan fingerprint density at radius 2 is 2.00 bits per heavy atom. The molecule has 0 aliphatic rings. The molecular weight excluding hydrogens is 214 g/mol. The number of ether oxygens (including phenoxy) is 1. The van der Waals surface area contributed by atoms with Crippen LogP contribution in [-0.4, -0.2) is 31.9 Å². The molecule has 0 amide bonds. The molecule has 17 heavy (non-hydrogen) atoms. The van der Waals surface area contributed by atoms with Gasteiger partial charge in [0.25, 0.3) is 0 Å². The van der Waals surface area contributed by atoms with Crippen molar-refractivity contribution < 1.29 is 9.84 Å². The highest BCUT2D eigenvalue weighted by Crippen LogP contribution is 2.27. The molecule has 0 aliphatic heterocycles. The van der Waals surface area contributed by atoms with Gasteiger partial charge >= 0.3 is 0 Å². The smallest absolute Gasteiger partial charge is 0.0807 e. The van der Waals surface area contributed by atoms with Crippen molar-refractivity contribution in [1.29, 1.82) is 0 Å². The molecule has 1 aromatic carbocycles. The van der Waals surface area contributed by atoms with Gasteiger partial charge in [-0.05, 0) is 19.4 Å². The average Bonchev–Trinajstić information content (AvgIpc) is 2.38. The van der Waals surface area contributed by atoms with Gasteiger partial charge < -0.3 is 14.7 Å². The van der Waals surface area contributed by atoms with E-state index in [1.807, 2.05) is 45.2 Å². The number of rotatable bonds is 7. The summed E-state index contributed by atoms with van der Waals surface area (Å²) in [7, 11) is 2.03. The zero-order chi connectivity index (χ0) is 12.7. The highest BCUT2D eigenvalue weighted by molar-refractivity contribution is 5.54. The molecule has 96 valence electrons. The SMILES string of the molecule is CCOCCN(C)c1ccccc1[C@H](O)CC. The number of benzene rings is 1. The van der Waals surface area contributed by atoms with Crippen molar-refractivity contribution in [3.05, 3.63) is 29.8 Å². The summed E-state index contributed by atoms with van der Waals surface area (Å²) in [5, 5.41) is 9.97. The molecule has 0 aliphatic carbocycles. The fourth-order valence-electron chi connectivity index (χ4n) is 1.80. The normalized spacial score (nSPS) is 12.5. The van der Waals surface area contributed by atoms with Crippen LogP contribution in [0.4, 0.5) is 5.69 Å². The van der Waals surface area contributed by atoms with Crippen molar-refractivity contribution in [3.63, 3.8) is 0 Å². The molecule has 0 fully saturated rings. The van der Waals surface area contributed by atoms with E-state index in [2.05, 4.69) is 4.90 Å². The van der Waals surface area contributed by atoms with Crippen LogP contribution in [0.25, 0.3) is 0 Å². The van der Waals surface area contributed by atoms with E-state index in [0.29, 0.717) is 6.61 Å². The van der Waals surface area contributed by atoms with E-state index in [9.17, 15) is 5.11 Å². The van der Waals surface area contributed by atoms with Gasteiger partial charge in [-0.2, -0.15) is 0 Å². The van der Waals surface area contributed by atoms with E-state index in [4.69, 9.17) is 4.74 Å². The molecule has 0 bridgehead atoms. The standard InChI is InChI=1S/C14H23NO2/c1-4-14(16)12-8-6-7-9-13(12)15(3)10-11-17-5-2/h6-9,14,16H,4-5,10-11H2,1-3H3/t14-/m1/s1. The first kappa shape index (κ1) is 14.0. The van der Waals surface area contributed by atoms with E-state index < -0.39 is 0 Å². The largest absolute Gasteiger partial charge is 0.388 e. The zero-order valence-electron chi connectivity index (χ0n) is 11.0. The predicted octanol–water partition coefficient (Wildman–Crippen LogP) is 2.60. The second-order valence-corrected chi connectivity index (χ2v) is 4.10. The van der Waals surface area contributed by atoms with Crippen molar-refractivity contribution >= 4 is 5.69 Å². The lowest BCUT2D eigenvalue weighted by Crippen LogP contribution is -2.24. The van der Waals surface area contributed by atoms with Crippen LogP contribution in [0.3, 0.4) is 0 Å². The summed E-state index contributed by atoms with van der Waals surface area (Å²) in [4.78, 5) is 2.13. The van der Waals surface area contributed by atoms with Crippen molar-refractivity contribution in [2.45, 2.75) is 26.4 Å². The van der Waals surface area contributed by atoms with Gasteiger partial charge in [-0.3, -0.25) is 0 Å². The molecule has 1 atom stereocenters. The summed E-state index contributed by atoms with van der Waals surface area (Å²) in [6.45, 7) is 6.27. The first-order chi connectivity index (χ1) is 8.20. The molecule has 0 aromatic heterocycles. The molecule has 0 spiro atoms. The maximum Gasteiger partial charge on any atom is 0.0807 e. The number of aliphatic hydroxyl groups excluding tert-OH is 1. The third-order valence-corrected chi connectivity index (χ3v) is 2.87. The minimum absolute atomic E-state index is 0.388. The first-order valence-corrected chi connectivity index (χ1v) is 6.26. The van der Waals surface area contributed by atoms with Gasteiger partial charge in [-0.1, -0.05) is 25.1 Å². The van der Waals surface area contributed by atoms with Crippen molar-refractivity contribution in [2.75, 3.05) is 31.7 Å². The van der Waals surface area contributed by atoms with Gasteiger partial charge in [0.1, 0.15) is 0 Å². The van der Waals surface area contributed by atoms with E-state index in [1.54, 1.807) is 0 Å². The van der Waals surface area contributed by atoms with E-state index in [-0.39, 0.29) is 6.10 Å². The van der Waals surface area contributed by atoms with E-state index in [1.165, 1.54) is 0 Å². The van der Waals surface area contributed by atoms with E-state index in [0.717, 1.165) is 30.8 Å². The van der Waals surface area contributed by atoms with Crippen molar-refractivity contribution in [1.82, 2.24) is 0 Å². The molecule has 0 radical (unpaired) electrons. The number of likely N-dealkylation sites (N-methyl/N-ethyl adjacent to an activating group) is 1. The van der Waals surface area contributed by atoms with Crippen LogP contribution in [0.1, 0.15) is 31.9 Å². The summed E-state index contributed by atoms with van der Waals surface area (Å²) >= 11 is 0. The van der Waals surface area contributed by atoms with Crippen LogP contribution < -0.4 is 4.90 Å². The van der Waals surface area contributed by atoms with Gasteiger partial charge in [0.2, 0.25) is 0 Å². The molecule has 1 aromatic rings. The van der Waals surface area contributed by atoms with Crippen molar-refractivity contribution in [2.24, 2.45) is 0 Å². The van der Waals surface area contributed by atoms with Crippen LogP contribution >= 0.6 is 0 Å². The maximum atomic E-state index is 9.97. The molecule has 0 saturated heterocycles. The summed E-state index contributed by atoms with van der Waals surface area (Å²) in [5.41, 5.74) is 2.08. The summed E-state index contributed by atoms with van der Waals surface area (Å²) in [6.07, 6.45) is 0.344. The minimum atomic E-state index is -0.388.